The third-order valence-corrected chi connectivity index (χ3v) is 8.50. The Morgan fingerprint density at radius 1 is 0.375 bits per heavy atom. The van der Waals surface area contributed by atoms with E-state index in [1.165, 1.54) is 36.1 Å². The minimum absolute atomic E-state index is 0.00538. The molecule has 0 N–H and O–H groups in total. The molecule has 0 rings (SSSR count). The first-order valence-corrected chi connectivity index (χ1v) is 19.9. The summed E-state index contributed by atoms with van der Waals surface area (Å²) in [5, 5.41) is 0. The summed E-state index contributed by atoms with van der Waals surface area (Å²) in [6.45, 7) is 19.9. The van der Waals surface area contributed by atoms with Gasteiger partial charge in [0.1, 0.15) is 24.0 Å². The quantitative estimate of drug-likeness (QED) is 0.0473. The fourth-order valence-corrected chi connectivity index (χ4v) is 4.81. The molecule has 0 spiro atoms. The average molecular weight is 763 g/mol. The third-order valence-electron chi connectivity index (χ3n) is 8.50. The van der Waals surface area contributed by atoms with Gasteiger partial charge in [-0.05, 0) is 107 Å². The van der Waals surface area contributed by atoms with Gasteiger partial charge in [-0.1, -0.05) is 148 Å². The minimum atomic E-state index is -0.330. The predicted molar refractivity (Wildman–Crippen MR) is 239 cm³/mol. The number of esters is 1. The molecule has 0 aromatic rings. The molecule has 0 aliphatic heterocycles. The van der Waals surface area contributed by atoms with E-state index >= 15 is 0 Å². The van der Waals surface area contributed by atoms with Crippen molar-refractivity contribution in [1.82, 2.24) is 0 Å². The number of carbonyl (C=O) groups is 4. The summed E-state index contributed by atoms with van der Waals surface area (Å²) in [5.41, 5.74) is 9.49. The Morgan fingerprint density at radius 2 is 0.750 bits per heavy atom. The lowest BCUT2D eigenvalue weighted by Gasteiger charge is -2.05. The van der Waals surface area contributed by atoms with Gasteiger partial charge in [-0.3, -0.25) is 9.59 Å². The fourth-order valence-electron chi connectivity index (χ4n) is 4.81. The van der Waals surface area contributed by atoms with Crippen LogP contribution < -0.4 is 0 Å². The monoisotopic (exact) mass is 763 g/mol. The van der Waals surface area contributed by atoms with Gasteiger partial charge in [0.2, 0.25) is 0 Å². The number of ether oxygens (including phenoxy) is 1. The standard InChI is InChI=1S/C51H70O5/c1-40(21-13-23-42(3)25-15-27-44(5)29-17-31-46(7)33-36-50(54)37-34-48(9)52)19-11-12-20-41(2)22-14-24-43(4)26-16-28-45(6)30-18-32-47(8)39-56-51(55)38-35-49(10)53/h11-16,19-28,31-32H,17-18,29-30,33-39H2,1-10H3/b12-11+,21-13+,22-14+,25-15+,26-16+,40-19+,41-20+,42-23+,43-24+,44-27+,45-28+,46-31+,47-32+. The van der Waals surface area contributed by atoms with E-state index in [1.54, 1.807) is 0 Å². The van der Waals surface area contributed by atoms with Gasteiger partial charge >= 0.3 is 5.97 Å². The van der Waals surface area contributed by atoms with Crippen molar-refractivity contribution < 1.29 is 23.9 Å². The van der Waals surface area contributed by atoms with Crippen molar-refractivity contribution >= 4 is 23.3 Å². The summed E-state index contributed by atoms with van der Waals surface area (Å²) in [7, 11) is 0. The second-order valence-corrected chi connectivity index (χ2v) is 14.8. The van der Waals surface area contributed by atoms with Crippen LogP contribution in [0.5, 0.6) is 0 Å². The minimum Gasteiger partial charge on any atom is -0.461 e. The first-order chi connectivity index (χ1) is 26.6. The zero-order valence-electron chi connectivity index (χ0n) is 36.2. The Morgan fingerprint density at radius 3 is 1.20 bits per heavy atom. The average Bonchev–Trinajstić information content (AvgIpc) is 3.13. The van der Waals surface area contributed by atoms with Crippen LogP contribution >= 0.6 is 0 Å². The van der Waals surface area contributed by atoms with Gasteiger partial charge in [0, 0.05) is 25.7 Å². The molecule has 304 valence electrons. The first-order valence-electron chi connectivity index (χ1n) is 19.9. The summed E-state index contributed by atoms with van der Waals surface area (Å²) < 4.78 is 5.21. The number of hydrogen-bond acceptors (Lipinski definition) is 5. The van der Waals surface area contributed by atoms with E-state index in [0.717, 1.165) is 54.4 Å². The molecule has 0 unspecified atom stereocenters. The highest BCUT2D eigenvalue weighted by Crippen LogP contribution is 2.13. The zero-order valence-corrected chi connectivity index (χ0v) is 36.2. The van der Waals surface area contributed by atoms with Gasteiger partial charge < -0.3 is 14.3 Å². The zero-order chi connectivity index (χ0) is 42.1. The van der Waals surface area contributed by atoms with Crippen LogP contribution in [0.15, 0.2) is 154 Å². The van der Waals surface area contributed by atoms with Crippen LogP contribution in [0.25, 0.3) is 0 Å². The van der Waals surface area contributed by atoms with Crippen molar-refractivity contribution in [2.75, 3.05) is 6.61 Å². The molecule has 0 bridgehead atoms. The summed E-state index contributed by atoms with van der Waals surface area (Å²) in [5.74, 6) is -0.0941. The molecule has 0 atom stereocenters. The lowest BCUT2D eigenvalue weighted by molar-refractivity contribution is -0.143. The van der Waals surface area contributed by atoms with Crippen LogP contribution in [0.1, 0.15) is 133 Å². The third kappa shape index (κ3) is 33.7. The summed E-state index contributed by atoms with van der Waals surface area (Å²) >= 11 is 0. The SMILES string of the molecule is CC(=O)CCC(=O)CC/C(C)=C/CC/C(C)=C/C=C/C(C)=C/C=C/C(C)=C/C=C/C=C(C)/C=C/C=C(C)/C=C/C=C(\C)CC/C=C(\C)COC(=O)CCC(C)=O. The fraction of sp³-hybridized carbons (Fsp3) is 0.412. The molecular weight excluding hydrogens is 693 g/mol. The van der Waals surface area contributed by atoms with E-state index in [1.807, 2.05) is 6.92 Å². The molecule has 0 saturated carbocycles. The topological polar surface area (TPSA) is 77.5 Å². The molecule has 0 fully saturated rings. The van der Waals surface area contributed by atoms with E-state index in [2.05, 4.69) is 158 Å². The highest BCUT2D eigenvalue weighted by molar-refractivity contribution is 5.84. The molecule has 0 aromatic heterocycles. The van der Waals surface area contributed by atoms with Crippen LogP contribution in [0.4, 0.5) is 0 Å². The van der Waals surface area contributed by atoms with Gasteiger partial charge in [-0.15, -0.1) is 0 Å². The molecule has 0 heterocycles. The Labute approximate surface area is 340 Å². The Kier molecular flexibility index (Phi) is 29.5. The molecule has 0 radical (unpaired) electrons. The molecule has 0 saturated heterocycles. The Balaban J connectivity index is 4.66. The van der Waals surface area contributed by atoms with Crippen molar-refractivity contribution in [1.29, 1.82) is 0 Å². The maximum absolute atomic E-state index is 11.9. The van der Waals surface area contributed by atoms with Gasteiger partial charge in [0.05, 0.1) is 6.42 Å². The number of hydrogen-bond donors (Lipinski definition) is 0. The van der Waals surface area contributed by atoms with Crippen LogP contribution in [0.3, 0.4) is 0 Å². The highest BCUT2D eigenvalue weighted by Gasteiger charge is 2.05. The van der Waals surface area contributed by atoms with Crippen LogP contribution in [-0.2, 0) is 23.9 Å². The number of carbonyl (C=O) groups excluding carboxylic acids is 4. The second kappa shape index (κ2) is 32.4. The van der Waals surface area contributed by atoms with E-state index in [4.69, 9.17) is 4.74 Å². The largest absolute Gasteiger partial charge is 0.461 e. The van der Waals surface area contributed by atoms with Crippen LogP contribution in [0, 0.1) is 0 Å². The molecule has 0 aliphatic carbocycles. The van der Waals surface area contributed by atoms with Crippen molar-refractivity contribution in [3.63, 3.8) is 0 Å². The van der Waals surface area contributed by atoms with E-state index in [9.17, 15) is 19.2 Å². The Hall–Kier alpha value is -4.90. The molecule has 5 heteroatoms. The van der Waals surface area contributed by atoms with Crippen molar-refractivity contribution in [2.24, 2.45) is 0 Å². The van der Waals surface area contributed by atoms with Crippen molar-refractivity contribution in [2.45, 2.75) is 133 Å². The van der Waals surface area contributed by atoms with E-state index in [0.29, 0.717) is 19.3 Å². The smallest absolute Gasteiger partial charge is 0.306 e. The molecule has 56 heavy (non-hydrogen) atoms. The van der Waals surface area contributed by atoms with Gasteiger partial charge in [0.15, 0.2) is 0 Å². The van der Waals surface area contributed by atoms with Crippen LogP contribution in [0.2, 0.25) is 0 Å². The lowest BCUT2D eigenvalue weighted by atomic mass is 10.0. The van der Waals surface area contributed by atoms with Crippen molar-refractivity contribution in [3.8, 4) is 0 Å². The van der Waals surface area contributed by atoms with E-state index < -0.39 is 0 Å². The van der Waals surface area contributed by atoms with Crippen LogP contribution in [-0.4, -0.2) is 29.9 Å². The maximum atomic E-state index is 11.9. The number of ketones is 3. The molecule has 0 amide bonds. The normalized spacial score (nSPS) is 14.8. The molecular formula is C51H70O5. The Bertz CT molecular complexity index is 1560. The number of Topliss-reactive ketones (excluding diaryl/α,β-unsaturated/α-hetero) is 3. The van der Waals surface area contributed by atoms with Crippen molar-refractivity contribution in [3.05, 3.63) is 154 Å². The second-order valence-electron chi connectivity index (χ2n) is 14.8. The summed E-state index contributed by atoms with van der Waals surface area (Å²) in [6.07, 6.45) is 43.9. The highest BCUT2D eigenvalue weighted by atomic mass is 16.5. The van der Waals surface area contributed by atoms with Gasteiger partial charge in [-0.25, -0.2) is 0 Å². The molecule has 5 nitrogen and oxygen atoms in total. The predicted octanol–water partition coefficient (Wildman–Crippen LogP) is 13.5. The lowest BCUT2D eigenvalue weighted by Crippen LogP contribution is -2.08. The maximum Gasteiger partial charge on any atom is 0.306 e. The number of rotatable bonds is 27. The summed E-state index contributed by atoms with van der Waals surface area (Å²) in [6, 6.07) is 0. The van der Waals surface area contributed by atoms with Gasteiger partial charge in [0.25, 0.3) is 0 Å². The first kappa shape index (κ1) is 51.1. The molecule has 0 aliphatic rings. The number of allylic oxidation sites excluding steroid dienone is 25. The summed E-state index contributed by atoms with van der Waals surface area (Å²) in [4.78, 5) is 45.6. The molecule has 0 aromatic carbocycles. The van der Waals surface area contributed by atoms with Gasteiger partial charge in [-0.2, -0.15) is 0 Å². The van der Waals surface area contributed by atoms with E-state index in [-0.39, 0.29) is 42.8 Å².